The second-order valence-electron chi connectivity index (χ2n) is 7.09. The first kappa shape index (κ1) is 19.5. The molecular formula is C24H23N3O3. The molecule has 30 heavy (non-hydrogen) atoms. The van der Waals surface area contributed by atoms with Crippen LogP contribution in [0.1, 0.15) is 22.4 Å². The number of nitrogens with two attached hydrogens (primary N) is 1. The molecule has 1 aliphatic rings. The minimum atomic E-state index is -0.465. The molecule has 6 nitrogen and oxygen atoms in total. The van der Waals surface area contributed by atoms with Gasteiger partial charge in [0.2, 0.25) is 0 Å². The van der Waals surface area contributed by atoms with Crippen molar-refractivity contribution < 1.29 is 14.3 Å². The van der Waals surface area contributed by atoms with Crippen LogP contribution in [0.5, 0.6) is 11.5 Å². The molecule has 1 aliphatic carbocycles. The highest BCUT2D eigenvalue weighted by molar-refractivity contribution is 5.73. The fourth-order valence-corrected chi connectivity index (χ4v) is 4.06. The fraction of sp³-hybridized carbons (Fsp3) is 0.167. The molecule has 0 amide bonds. The lowest BCUT2D eigenvalue weighted by Gasteiger charge is -2.35. The van der Waals surface area contributed by atoms with Gasteiger partial charge in [0.15, 0.2) is 17.3 Å². The van der Waals surface area contributed by atoms with Gasteiger partial charge in [0.1, 0.15) is 6.29 Å². The molecule has 0 saturated carbocycles. The summed E-state index contributed by atoms with van der Waals surface area (Å²) in [7, 11) is 3.25. The number of benzene rings is 2. The Hall–Kier alpha value is -3.80. The number of aldehydes is 1. The summed E-state index contributed by atoms with van der Waals surface area (Å²) in [6.07, 6.45) is 8.55. The molecule has 2 N–H and O–H groups in total. The van der Waals surface area contributed by atoms with Gasteiger partial charge in [0, 0.05) is 23.6 Å². The topological polar surface area (TPSA) is 79.4 Å². The number of aromatic nitrogens is 2. The number of anilines is 1. The molecule has 4 rings (SSSR count). The number of nitrogens with zero attached hydrogens (tertiary/aromatic N) is 2. The molecular weight excluding hydrogens is 378 g/mol. The van der Waals surface area contributed by atoms with Crippen LogP contribution in [-0.4, -0.2) is 30.3 Å². The molecule has 0 aliphatic heterocycles. The van der Waals surface area contributed by atoms with Crippen molar-refractivity contribution >= 4 is 24.4 Å². The maximum absolute atomic E-state index is 10.9. The maximum Gasteiger partial charge on any atom is 0.161 e. The molecule has 1 heterocycles. The standard InChI is InChI=1S/C24H23N3O3/c1-29-21-10-9-18(15-22(21)30-2)24(17-7-4-3-5-8-17)12-11-19-20(16-24)27(13-6-14-28)26-23(19)25/h3-15H,16H2,1-2H3,(H2,25,26). The third-order valence-corrected chi connectivity index (χ3v) is 5.55. The summed E-state index contributed by atoms with van der Waals surface area (Å²) in [5.74, 6) is 1.78. The molecule has 6 heteroatoms. The first-order chi connectivity index (χ1) is 14.6. The number of ether oxygens (including phenoxy) is 2. The number of nitrogen functional groups attached to an aromatic ring is 1. The van der Waals surface area contributed by atoms with Crippen LogP contribution in [0.15, 0.2) is 60.7 Å². The van der Waals surface area contributed by atoms with E-state index >= 15 is 0 Å². The zero-order valence-electron chi connectivity index (χ0n) is 16.9. The molecule has 152 valence electrons. The highest BCUT2D eigenvalue weighted by Crippen LogP contribution is 2.44. The van der Waals surface area contributed by atoms with E-state index < -0.39 is 5.41 Å². The molecule has 1 unspecified atom stereocenters. The van der Waals surface area contributed by atoms with E-state index in [-0.39, 0.29) is 0 Å². The van der Waals surface area contributed by atoms with Crippen molar-refractivity contribution in [1.29, 1.82) is 0 Å². The Morgan fingerprint density at radius 1 is 1.07 bits per heavy atom. The van der Waals surface area contributed by atoms with E-state index in [0.29, 0.717) is 23.7 Å². The average Bonchev–Trinajstić information content (AvgIpc) is 3.12. The van der Waals surface area contributed by atoms with Gasteiger partial charge in [0.25, 0.3) is 0 Å². The van der Waals surface area contributed by atoms with Crippen molar-refractivity contribution in [1.82, 2.24) is 9.78 Å². The van der Waals surface area contributed by atoms with E-state index in [2.05, 4.69) is 29.4 Å². The van der Waals surface area contributed by atoms with E-state index in [1.807, 2.05) is 36.4 Å². The second-order valence-corrected chi connectivity index (χ2v) is 7.09. The molecule has 0 saturated heterocycles. The SMILES string of the molecule is COc1ccc(C2(c3ccccc3)C=Cc3c(N)nn(C=CC=O)c3C2)cc1OC. The smallest absolute Gasteiger partial charge is 0.161 e. The molecule has 0 bridgehead atoms. The van der Waals surface area contributed by atoms with Crippen molar-refractivity contribution in [3.63, 3.8) is 0 Å². The second kappa shape index (κ2) is 7.91. The van der Waals surface area contributed by atoms with E-state index in [0.717, 1.165) is 28.7 Å². The monoisotopic (exact) mass is 401 g/mol. The molecule has 1 atom stereocenters. The Morgan fingerprint density at radius 2 is 1.83 bits per heavy atom. The summed E-state index contributed by atoms with van der Waals surface area (Å²) in [4.78, 5) is 10.9. The number of hydrogen-bond acceptors (Lipinski definition) is 5. The highest BCUT2D eigenvalue weighted by Gasteiger charge is 2.37. The van der Waals surface area contributed by atoms with Crippen LogP contribution < -0.4 is 15.2 Å². The largest absolute Gasteiger partial charge is 0.493 e. The molecule has 3 aromatic rings. The Morgan fingerprint density at radius 3 is 2.53 bits per heavy atom. The Balaban J connectivity index is 1.93. The van der Waals surface area contributed by atoms with Crippen molar-refractivity contribution in [3.8, 4) is 11.5 Å². The normalized spacial score (nSPS) is 17.7. The lowest BCUT2D eigenvalue weighted by molar-refractivity contribution is -0.104. The summed E-state index contributed by atoms with van der Waals surface area (Å²) >= 11 is 0. The summed E-state index contributed by atoms with van der Waals surface area (Å²) in [5.41, 5.74) is 9.67. The predicted octanol–water partition coefficient (Wildman–Crippen LogP) is 3.71. The number of allylic oxidation sites excluding steroid dienone is 2. The minimum absolute atomic E-state index is 0.436. The van der Waals surface area contributed by atoms with Gasteiger partial charge in [-0.25, -0.2) is 4.68 Å². The Bertz CT molecular complexity index is 1130. The lowest BCUT2D eigenvalue weighted by Crippen LogP contribution is -2.31. The van der Waals surface area contributed by atoms with Gasteiger partial charge < -0.3 is 15.2 Å². The van der Waals surface area contributed by atoms with E-state index in [1.165, 1.54) is 6.08 Å². The molecule has 1 aromatic heterocycles. The van der Waals surface area contributed by atoms with Crippen molar-refractivity contribution in [2.24, 2.45) is 0 Å². The van der Waals surface area contributed by atoms with Crippen molar-refractivity contribution in [2.45, 2.75) is 11.8 Å². The van der Waals surface area contributed by atoms with Crippen LogP contribution >= 0.6 is 0 Å². The molecule has 0 spiro atoms. The van der Waals surface area contributed by atoms with E-state index in [4.69, 9.17) is 15.2 Å². The number of fused-ring (bicyclic) bond motifs is 1. The summed E-state index contributed by atoms with van der Waals surface area (Å²) in [5, 5.41) is 4.40. The molecule has 0 radical (unpaired) electrons. The molecule has 0 fully saturated rings. The highest BCUT2D eigenvalue weighted by atomic mass is 16.5. The van der Waals surface area contributed by atoms with Gasteiger partial charge >= 0.3 is 0 Å². The van der Waals surface area contributed by atoms with E-state index in [9.17, 15) is 4.79 Å². The Kier molecular flexibility index (Phi) is 5.14. The third-order valence-electron chi connectivity index (χ3n) is 5.55. The molecule has 2 aromatic carbocycles. The summed E-state index contributed by atoms with van der Waals surface area (Å²) < 4.78 is 12.7. The number of carbonyl (C=O) groups is 1. The number of rotatable bonds is 6. The number of hydrogen-bond donors (Lipinski definition) is 1. The van der Waals surface area contributed by atoms with Crippen molar-refractivity contribution in [3.05, 3.63) is 83.1 Å². The number of methoxy groups -OCH3 is 2. The van der Waals surface area contributed by atoms with Crippen LogP contribution in [-0.2, 0) is 16.6 Å². The zero-order valence-corrected chi connectivity index (χ0v) is 16.9. The lowest BCUT2D eigenvalue weighted by atomic mass is 9.68. The van der Waals surface area contributed by atoms with Crippen LogP contribution in [0, 0.1) is 0 Å². The Labute approximate surface area is 175 Å². The van der Waals surface area contributed by atoms with Gasteiger partial charge in [-0.1, -0.05) is 48.6 Å². The number of carbonyl (C=O) groups excluding carboxylic acids is 1. The van der Waals surface area contributed by atoms with Gasteiger partial charge in [-0.05, 0) is 29.3 Å². The van der Waals surface area contributed by atoms with Gasteiger partial charge in [0.05, 0.1) is 19.9 Å². The first-order valence-electron chi connectivity index (χ1n) is 9.59. The third kappa shape index (κ3) is 3.16. The minimum Gasteiger partial charge on any atom is -0.493 e. The van der Waals surface area contributed by atoms with Crippen LogP contribution in [0.3, 0.4) is 0 Å². The van der Waals surface area contributed by atoms with Crippen LogP contribution in [0.25, 0.3) is 12.3 Å². The van der Waals surface area contributed by atoms with Crippen molar-refractivity contribution in [2.75, 3.05) is 20.0 Å². The van der Waals surface area contributed by atoms with Crippen LogP contribution in [0.4, 0.5) is 5.82 Å². The van der Waals surface area contributed by atoms with Gasteiger partial charge in [-0.2, -0.15) is 5.10 Å². The van der Waals surface area contributed by atoms with Crippen LogP contribution in [0.2, 0.25) is 0 Å². The zero-order chi connectivity index (χ0) is 21.1. The van der Waals surface area contributed by atoms with Gasteiger partial charge in [-0.15, -0.1) is 0 Å². The maximum atomic E-state index is 10.9. The predicted molar refractivity (Wildman–Crippen MR) is 118 cm³/mol. The summed E-state index contributed by atoms with van der Waals surface area (Å²) in [6.45, 7) is 0. The average molecular weight is 401 g/mol. The first-order valence-corrected chi connectivity index (χ1v) is 9.59. The summed E-state index contributed by atoms with van der Waals surface area (Å²) in [6, 6.07) is 16.2. The fourth-order valence-electron chi connectivity index (χ4n) is 4.06. The quantitative estimate of drug-likeness (QED) is 0.503. The van der Waals surface area contributed by atoms with Gasteiger partial charge in [-0.3, -0.25) is 4.79 Å². The van der Waals surface area contributed by atoms with E-state index in [1.54, 1.807) is 25.1 Å².